The number of morpholine rings is 1. The molecule has 3 aromatic rings. The van der Waals surface area contributed by atoms with E-state index < -0.39 is 0 Å². The van der Waals surface area contributed by atoms with Crippen molar-refractivity contribution in [3.8, 4) is 5.75 Å². The number of thiophene rings is 1. The molecule has 0 aliphatic carbocycles. The number of hydrogen-bond acceptors (Lipinski definition) is 7. The maximum absolute atomic E-state index is 13.6. The SMILES string of the molecule is COc1ccc(NC(=O)N2CCN(c3ccc(NC(=O)c4cccs4)cc3C(=O)N3CCOCC3)CC2)cc1. The lowest BCUT2D eigenvalue weighted by molar-refractivity contribution is 0.0303. The topological polar surface area (TPSA) is 103 Å². The van der Waals surface area contributed by atoms with Crippen LogP contribution in [0.4, 0.5) is 21.9 Å². The molecule has 2 fully saturated rings. The molecule has 2 aliphatic heterocycles. The first-order valence-electron chi connectivity index (χ1n) is 12.8. The molecule has 0 unspecified atom stereocenters. The van der Waals surface area contributed by atoms with Crippen LogP contribution in [0.25, 0.3) is 0 Å². The molecule has 3 heterocycles. The fourth-order valence-electron chi connectivity index (χ4n) is 4.63. The van der Waals surface area contributed by atoms with Crippen LogP contribution in [-0.2, 0) is 4.74 Å². The van der Waals surface area contributed by atoms with Gasteiger partial charge < -0.3 is 34.8 Å². The molecule has 10 nitrogen and oxygen atoms in total. The average molecular weight is 550 g/mol. The van der Waals surface area contributed by atoms with Crippen LogP contribution in [0.2, 0.25) is 0 Å². The summed E-state index contributed by atoms with van der Waals surface area (Å²) in [5, 5.41) is 7.69. The van der Waals surface area contributed by atoms with E-state index in [0.29, 0.717) is 74.3 Å². The number of benzene rings is 2. The normalized spacial score (nSPS) is 15.6. The third kappa shape index (κ3) is 6.32. The summed E-state index contributed by atoms with van der Waals surface area (Å²) >= 11 is 1.36. The Hall–Kier alpha value is -4.09. The van der Waals surface area contributed by atoms with Gasteiger partial charge in [0.1, 0.15) is 5.75 Å². The average Bonchev–Trinajstić information content (AvgIpc) is 3.53. The molecule has 0 atom stereocenters. The van der Waals surface area contributed by atoms with Crippen LogP contribution in [0, 0.1) is 0 Å². The van der Waals surface area contributed by atoms with Crippen molar-refractivity contribution in [2.75, 3.05) is 75.1 Å². The standard InChI is InChI=1S/C28H31N5O5S/c1-37-22-7-4-20(5-8-22)30-28(36)33-12-10-31(11-13-33)24-9-6-21(29-26(34)25-3-2-18-39-25)19-23(24)27(35)32-14-16-38-17-15-32/h2-9,18-19H,10-17H2,1H3,(H,29,34)(H,30,36). The van der Waals surface area contributed by atoms with E-state index >= 15 is 0 Å². The highest BCUT2D eigenvalue weighted by atomic mass is 32.1. The van der Waals surface area contributed by atoms with Crippen molar-refractivity contribution in [2.45, 2.75) is 0 Å². The van der Waals surface area contributed by atoms with Crippen molar-refractivity contribution in [3.05, 3.63) is 70.4 Å². The molecular weight excluding hydrogens is 518 g/mol. The Morgan fingerprint density at radius 3 is 2.23 bits per heavy atom. The number of carbonyl (C=O) groups is 3. The first-order chi connectivity index (χ1) is 19.0. The van der Waals surface area contributed by atoms with E-state index in [0.717, 1.165) is 11.4 Å². The number of ether oxygens (including phenoxy) is 2. The summed E-state index contributed by atoms with van der Waals surface area (Å²) < 4.78 is 10.6. The fraction of sp³-hybridized carbons (Fsp3) is 0.321. The lowest BCUT2D eigenvalue weighted by atomic mass is 10.1. The van der Waals surface area contributed by atoms with Gasteiger partial charge in [0.2, 0.25) is 0 Å². The monoisotopic (exact) mass is 549 g/mol. The third-order valence-corrected chi connectivity index (χ3v) is 7.65. The number of hydrogen-bond donors (Lipinski definition) is 2. The molecule has 0 saturated carbocycles. The van der Waals surface area contributed by atoms with E-state index in [4.69, 9.17) is 9.47 Å². The highest BCUT2D eigenvalue weighted by molar-refractivity contribution is 7.12. The highest BCUT2D eigenvalue weighted by Gasteiger charge is 2.27. The smallest absolute Gasteiger partial charge is 0.321 e. The number of piperazine rings is 1. The summed E-state index contributed by atoms with van der Waals surface area (Å²) in [6, 6.07) is 16.1. The summed E-state index contributed by atoms with van der Waals surface area (Å²) in [5.41, 5.74) is 2.57. The number of nitrogens with zero attached hydrogens (tertiary/aromatic N) is 3. The molecule has 0 radical (unpaired) electrons. The second-order valence-electron chi connectivity index (χ2n) is 9.20. The molecule has 204 valence electrons. The van der Waals surface area contributed by atoms with Crippen LogP contribution in [0.5, 0.6) is 5.75 Å². The summed E-state index contributed by atoms with van der Waals surface area (Å²) in [6.07, 6.45) is 0. The number of anilines is 3. The Balaban J connectivity index is 1.29. The van der Waals surface area contributed by atoms with Gasteiger partial charge in [-0.25, -0.2) is 4.79 Å². The van der Waals surface area contributed by atoms with Gasteiger partial charge in [-0.1, -0.05) is 6.07 Å². The summed E-state index contributed by atoms with van der Waals surface area (Å²) in [4.78, 5) is 45.3. The van der Waals surface area contributed by atoms with Gasteiger partial charge >= 0.3 is 6.03 Å². The minimum absolute atomic E-state index is 0.0970. The second-order valence-corrected chi connectivity index (χ2v) is 10.1. The fourth-order valence-corrected chi connectivity index (χ4v) is 5.24. The van der Waals surface area contributed by atoms with Crippen LogP contribution in [0.3, 0.4) is 0 Å². The quantitative estimate of drug-likeness (QED) is 0.485. The number of rotatable bonds is 6. The van der Waals surface area contributed by atoms with E-state index in [1.54, 1.807) is 53.3 Å². The van der Waals surface area contributed by atoms with E-state index in [2.05, 4.69) is 15.5 Å². The number of carbonyl (C=O) groups excluding carboxylic acids is 3. The highest BCUT2D eigenvalue weighted by Crippen LogP contribution is 2.28. The summed E-state index contributed by atoms with van der Waals surface area (Å²) in [6.45, 7) is 4.18. The van der Waals surface area contributed by atoms with E-state index in [9.17, 15) is 14.4 Å². The molecule has 11 heteroatoms. The molecule has 39 heavy (non-hydrogen) atoms. The van der Waals surface area contributed by atoms with Gasteiger partial charge in [-0.3, -0.25) is 9.59 Å². The Morgan fingerprint density at radius 1 is 0.846 bits per heavy atom. The number of nitrogens with one attached hydrogen (secondary N) is 2. The molecule has 2 aliphatic rings. The minimum Gasteiger partial charge on any atom is -0.497 e. The van der Waals surface area contributed by atoms with Crippen LogP contribution in [0.1, 0.15) is 20.0 Å². The Kier molecular flexibility index (Phi) is 8.28. The molecule has 0 bridgehead atoms. The van der Waals surface area contributed by atoms with Crippen molar-refractivity contribution >= 4 is 46.2 Å². The molecule has 0 spiro atoms. The van der Waals surface area contributed by atoms with E-state index in [-0.39, 0.29) is 17.8 Å². The molecule has 2 saturated heterocycles. The van der Waals surface area contributed by atoms with Crippen LogP contribution in [-0.4, -0.2) is 87.2 Å². The van der Waals surface area contributed by atoms with Crippen molar-refractivity contribution in [2.24, 2.45) is 0 Å². The third-order valence-electron chi connectivity index (χ3n) is 6.78. The first-order valence-corrected chi connectivity index (χ1v) is 13.7. The Labute approximate surface area is 231 Å². The minimum atomic E-state index is -0.209. The second kappa shape index (κ2) is 12.2. The van der Waals surface area contributed by atoms with Gasteiger partial charge in [0.25, 0.3) is 11.8 Å². The van der Waals surface area contributed by atoms with Crippen LogP contribution in [0.15, 0.2) is 60.0 Å². The number of amides is 4. The van der Waals surface area contributed by atoms with Crippen molar-refractivity contribution in [1.82, 2.24) is 9.80 Å². The van der Waals surface area contributed by atoms with Crippen LogP contribution < -0.4 is 20.3 Å². The van der Waals surface area contributed by atoms with E-state index in [1.165, 1.54) is 11.3 Å². The zero-order chi connectivity index (χ0) is 27.2. The first kappa shape index (κ1) is 26.5. The predicted molar refractivity (Wildman–Crippen MR) is 151 cm³/mol. The largest absolute Gasteiger partial charge is 0.497 e. The van der Waals surface area contributed by atoms with E-state index in [1.807, 2.05) is 23.6 Å². The molecule has 5 rings (SSSR count). The molecule has 1 aromatic heterocycles. The van der Waals surface area contributed by atoms with Gasteiger partial charge in [-0.15, -0.1) is 11.3 Å². The van der Waals surface area contributed by atoms with Crippen LogP contribution >= 0.6 is 11.3 Å². The zero-order valence-corrected chi connectivity index (χ0v) is 22.5. The summed E-state index contributed by atoms with van der Waals surface area (Å²) in [7, 11) is 1.60. The van der Waals surface area contributed by atoms with Gasteiger partial charge in [-0.2, -0.15) is 0 Å². The Morgan fingerprint density at radius 2 is 1.56 bits per heavy atom. The van der Waals surface area contributed by atoms with Gasteiger partial charge in [0, 0.05) is 56.3 Å². The molecule has 2 N–H and O–H groups in total. The maximum atomic E-state index is 13.6. The lowest BCUT2D eigenvalue weighted by Crippen LogP contribution is -2.50. The van der Waals surface area contributed by atoms with Crippen molar-refractivity contribution in [1.29, 1.82) is 0 Å². The van der Waals surface area contributed by atoms with Crippen molar-refractivity contribution in [3.63, 3.8) is 0 Å². The summed E-state index contributed by atoms with van der Waals surface area (Å²) in [5.74, 6) is 0.417. The van der Waals surface area contributed by atoms with Gasteiger partial charge in [0.15, 0.2) is 0 Å². The molecule has 4 amide bonds. The number of methoxy groups -OCH3 is 1. The van der Waals surface area contributed by atoms with Crippen molar-refractivity contribution < 1.29 is 23.9 Å². The molecular formula is C28H31N5O5S. The Bertz CT molecular complexity index is 1300. The predicted octanol–water partition coefficient (Wildman–Crippen LogP) is 3.84. The molecule has 2 aromatic carbocycles. The van der Waals surface area contributed by atoms with Gasteiger partial charge in [-0.05, 0) is 53.9 Å². The maximum Gasteiger partial charge on any atom is 0.321 e. The van der Waals surface area contributed by atoms with Gasteiger partial charge in [0.05, 0.1) is 30.8 Å². The number of urea groups is 1. The zero-order valence-electron chi connectivity index (χ0n) is 21.7. The lowest BCUT2D eigenvalue weighted by Gasteiger charge is -2.37.